The molecule has 0 radical (unpaired) electrons. The summed E-state index contributed by atoms with van der Waals surface area (Å²) in [7, 11) is -2.37. The van der Waals surface area contributed by atoms with Gasteiger partial charge in [-0.15, -0.1) is 0 Å². The number of azide groups is 1. The summed E-state index contributed by atoms with van der Waals surface area (Å²) in [5.74, 6) is -0.513. The SMILES string of the molecule is CC(=O)OCC1O[C@@H](O[Si](C)(C)C(C)(C)C(C)C)C(N=[N+]=[N-])[C@@H](C)[C@@H]1O[C@@H]1OC(C)[C@@H](O)[C@H](C)C1C. The molecular weight excluding hydrogens is 482 g/mol. The first kappa shape index (κ1) is 31.0. The zero-order chi connectivity index (χ0) is 27.6. The second-order valence-electron chi connectivity index (χ2n) is 11.9. The van der Waals surface area contributed by atoms with E-state index in [4.69, 9.17) is 23.4 Å². The lowest BCUT2D eigenvalue weighted by Gasteiger charge is -2.50. The first-order valence-electron chi connectivity index (χ1n) is 13.0. The fourth-order valence-electron chi connectivity index (χ4n) is 4.82. The van der Waals surface area contributed by atoms with Crippen LogP contribution in [0.4, 0.5) is 0 Å². The van der Waals surface area contributed by atoms with Crippen molar-refractivity contribution in [1.82, 2.24) is 0 Å². The highest BCUT2D eigenvalue weighted by molar-refractivity contribution is 6.74. The van der Waals surface area contributed by atoms with Crippen LogP contribution in [-0.2, 0) is 28.2 Å². The number of aliphatic hydroxyl groups is 1. The van der Waals surface area contributed by atoms with Crippen LogP contribution in [0.1, 0.15) is 62.3 Å². The first-order valence-corrected chi connectivity index (χ1v) is 16.0. The van der Waals surface area contributed by atoms with Gasteiger partial charge in [0, 0.05) is 17.8 Å². The van der Waals surface area contributed by atoms with Gasteiger partial charge in [-0.05, 0) is 48.3 Å². The topological polar surface area (TPSA) is 132 Å². The van der Waals surface area contributed by atoms with Crippen LogP contribution in [0.15, 0.2) is 5.11 Å². The molecule has 0 aromatic heterocycles. The molecule has 10 nitrogen and oxygen atoms in total. The van der Waals surface area contributed by atoms with Gasteiger partial charge in [-0.2, -0.15) is 0 Å². The molecule has 2 aliphatic heterocycles. The summed E-state index contributed by atoms with van der Waals surface area (Å²) < 4.78 is 30.9. The summed E-state index contributed by atoms with van der Waals surface area (Å²) in [6.07, 6.45) is -3.66. The van der Waals surface area contributed by atoms with Gasteiger partial charge in [0.05, 0.1) is 24.4 Å². The number of nitrogens with zero attached hydrogens (tertiary/aromatic N) is 3. The van der Waals surface area contributed by atoms with Crippen LogP contribution in [0.3, 0.4) is 0 Å². The third-order valence-corrected chi connectivity index (χ3v) is 13.5. The molecule has 208 valence electrons. The van der Waals surface area contributed by atoms with E-state index in [0.29, 0.717) is 5.92 Å². The van der Waals surface area contributed by atoms with Crippen LogP contribution in [0, 0.1) is 23.7 Å². The number of rotatable bonds is 9. The minimum absolute atomic E-state index is 0.0302. The minimum Gasteiger partial charge on any atom is -0.463 e. The highest BCUT2D eigenvalue weighted by atomic mass is 28.4. The van der Waals surface area contributed by atoms with Crippen LogP contribution in [0.5, 0.6) is 0 Å². The van der Waals surface area contributed by atoms with Crippen molar-refractivity contribution in [2.45, 2.75) is 123 Å². The lowest BCUT2D eigenvalue weighted by Crippen LogP contribution is -2.61. The summed E-state index contributed by atoms with van der Waals surface area (Å²) >= 11 is 0. The fraction of sp³-hybridized carbons (Fsp3) is 0.960. The highest BCUT2D eigenvalue weighted by Crippen LogP contribution is 2.47. The van der Waals surface area contributed by atoms with Gasteiger partial charge in [-0.1, -0.05) is 53.6 Å². The maximum absolute atomic E-state index is 11.7. The summed E-state index contributed by atoms with van der Waals surface area (Å²) in [6.45, 7) is 22.0. The molecule has 1 N–H and O–H groups in total. The van der Waals surface area contributed by atoms with Gasteiger partial charge in [0.15, 0.2) is 20.9 Å². The second kappa shape index (κ2) is 12.1. The van der Waals surface area contributed by atoms with Gasteiger partial charge >= 0.3 is 5.97 Å². The van der Waals surface area contributed by atoms with Crippen LogP contribution in [0.25, 0.3) is 10.4 Å². The van der Waals surface area contributed by atoms with Crippen molar-refractivity contribution in [3.63, 3.8) is 0 Å². The molecule has 0 bridgehead atoms. The maximum atomic E-state index is 11.7. The second-order valence-corrected chi connectivity index (χ2v) is 16.5. The highest BCUT2D eigenvalue weighted by Gasteiger charge is 2.52. The molecule has 2 heterocycles. The number of carbonyl (C=O) groups excluding carboxylic acids is 1. The van der Waals surface area contributed by atoms with Crippen LogP contribution < -0.4 is 0 Å². The Kier molecular flexibility index (Phi) is 10.4. The largest absolute Gasteiger partial charge is 0.463 e. The summed E-state index contributed by atoms with van der Waals surface area (Å²) in [4.78, 5) is 14.8. The molecule has 0 amide bonds. The predicted octanol–water partition coefficient (Wildman–Crippen LogP) is 5.01. The van der Waals surface area contributed by atoms with Crippen LogP contribution >= 0.6 is 0 Å². The van der Waals surface area contributed by atoms with E-state index in [9.17, 15) is 15.4 Å². The maximum Gasteiger partial charge on any atom is 0.302 e. The Hall–Kier alpha value is -1.20. The van der Waals surface area contributed by atoms with Crippen molar-refractivity contribution in [2.24, 2.45) is 28.8 Å². The zero-order valence-electron chi connectivity index (χ0n) is 23.8. The molecule has 0 saturated carbocycles. The number of aliphatic hydroxyl groups excluding tert-OH is 1. The number of hydrogen-bond donors (Lipinski definition) is 1. The Labute approximate surface area is 217 Å². The quantitative estimate of drug-likeness (QED) is 0.146. The molecule has 0 spiro atoms. The van der Waals surface area contributed by atoms with E-state index in [0.717, 1.165) is 0 Å². The van der Waals surface area contributed by atoms with E-state index in [-0.39, 0.29) is 29.4 Å². The average Bonchev–Trinajstić information content (AvgIpc) is 2.78. The number of hydrogen-bond acceptors (Lipinski definition) is 8. The molecule has 2 aliphatic rings. The molecular formula is C25H47N3O7Si. The number of esters is 1. The number of ether oxygens (including phenoxy) is 4. The van der Waals surface area contributed by atoms with Gasteiger partial charge in [-0.3, -0.25) is 4.79 Å². The molecule has 0 aromatic rings. The van der Waals surface area contributed by atoms with Gasteiger partial charge in [0.25, 0.3) is 0 Å². The standard InChI is InChI=1S/C25H47N3O7Si/c1-13(2)25(8,9)36(10,11)35-24-20(27-28-26)16(5)22(19(33-24)12-31-18(7)29)34-23-15(4)14(3)21(30)17(6)32-23/h13-17,19-24,30H,12H2,1-11H3/t14-,15?,16-,17?,19?,20?,21+,22+,23+,24+/m1/s1. The molecule has 0 aromatic carbocycles. The summed E-state index contributed by atoms with van der Waals surface area (Å²) in [6, 6.07) is -0.650. The van der Waals surface area contributed by atoms with Crippen molar-refractivity contribution in [2.75, 3.05) is 6.61 Å². The zero-order valence-corrected chi connectivity index (χ0v) is 24.8. The van der Waals surface area contributed by atoms with Crippen molar-refractivity contribution < 1.29 is 33.3 Å². The molecule has 2 rings (SSSR count). The van der Waals surface area contributed by atoms with Gasteiger partial charge < -0.3 is 28.5 Å². The molecule has 36 heavy (non-hydrogen) atoms. The first-order chi connectivity index (χ1) is 16.5. The minimum atomic E-state index is -2.37. The lowest BCUT2D eigenvalue weighted by atomic mass is 9.84. The third-order valence-electron chi connectivity index (χ3n) is 8.97. The molecule has 0 aliphatic carbocycles. The van der Waals surface area contributed by atoms with Gasteiger partial charge in [0.2, 0.25) is 0 Å². The average molecular weight is 530 g/mol. The molecule has 2 saturated heterocycles. The normalized spacial score (nSPS) is 37.9. The van der Waals surface area contributed by atoms with Gasteiger partial charge in [-0.25, -0.2) is 0 Å². The van der Waals surface area contributed by atoms with Gasteiger partial charge in [0.1, 0.15) is 12.7 Å². The van der Waals surface area contributed by atoms with Crippen molar-refractivity contribution in [3.8, 4) is 0 Å². The van der Waals surface area contributed by atoms with E-state index in [1.807, 2.05) is 27.7 Å². The van der Waals surface area contributed by atoms with Crippen molar-refractivity contribution in [3.05, 3.63) is 10.4 Å². The molecule has 2 fully saturated rings. The third kappa shape index (κ3) is 6.62. The Morgan fingerprint density at radius 3 is 2.25 bits per heavy atom. The monoisotopic (exact) mass is 529 g/mol. The van der Waals surface area contributed by atoms with E-state index in [1.54, 1.807) is 0 Å². The molecule has 10 atom stereocenters. The Balaban J connectivity index is 2.38. The van der Waals surface area contributed by atoms with Crippen molar-refractivity contribution >= 4 is 14.3 Å². The summed E-state index contributed by atoms with van der Waals surface area (Å²) in [5, 5.41) is 14.4. The Bertz CT molecular complexity index is 805. The van der Waals surface area contributed by atoms with Crippen LogP contribution in [0.2, 0.25) is 18.1 Å². The van der Waals surface area contributed by atoms with E-state index in [2.05, 4.69) is 50.8 Å². The van der Waals surface area contributed by atoms with Crippen LogP contribution in [-0.4, -0.2) is 69.0 Å². The number of carbonyl (C=O) groups is 1. The fourth-order valence-corrected chi connectivity index (χ4v) is 7.29. The van der Waals surface area contributed by atoms with E-state index in [1.165, 1.54) is 6.92 Å². The summed E-state index contributed by atoms with van der Waals surface area (Å²) in [5.41, 5.74) is 9.39. The lowest BCUT2D eigenvalue weighted by molar-refractivity contribution is -0.315. The van der Waals surface area contributed by atoms with Crippen molar-refractivity contribution in [1.29, 1.82) is 0 Å². The predicted molar refractivity (Wildman–Crippen MR) is 138 cm³/mol. The van der Waals surface area contributed by atoms with E-state index >= 15 is 0 Å². The smallest absolute Gasteiger partial charge is 0.302 e. The Morgan fingerprint density at radius 2 is 1.72 bits per heavy atom. The molecule has 4 unspecified atom stereocenters. The Morgan fingerprint density at radius 1 is 1.11 bits per heavy atom. The van der Waals surface area contributed by atoms with E-state index < -0.39 is 57.3 Å². The molecule has 11 heteroatoms.